The summed E-state index contributed by atoms with van der Waals surface area (Å²) < 4.78 is 0. The summed E-state index contributed by atoms with van der Waals surface area (Å²) in [6.07, 6.45) is 1.24. The van der Waals surface area contributed by atoms with E-state index in [9.17, 15) is 10.1 Å². The highest BCUT2D eigenvalue weighted by atomic mass is 32.1. The largest absolute Gasteiger partial charge is 0.345 e. The molecule has 7 heteroatoms. The second-order valence-corrected chi connectivity index (χ2v) is 4.44. The topological polar surface area (TPSA) is 83.1 Å². The van der Waals surface area contributed by atoms with Crippen LogP contribution in [0.5, 0.6) is 0 Å². The highest BCUT2D eigenvalue weighted by Gasteiger charge is 2.15. The second kappa shape index (κ2) is 4.81. The van der Waals surface area contributed by atoms with Gasteiger partial charge in [-0.05, 0) is 35.6 Å². The summed E-state index contributed by atoms with van der Waals surface area (Å²) in [5.41, 5.74) is 1.38. The van der Waals surface area contributed by atoms with Gasteiger partial charge >= 0.3 is 5.00 Å². The Hall–Kier alpha value is -2.46. The Kier molecular flexibility index (Phi) is 3.21. The van der Waals surface area contributed by atoms with Crippen LogP contribution in [0.3, 0.4) is 0 Å². The number of aromatic nitrogens is 1. The molecular formula is C11H8N4O2S. The standard InChI is InChI=1S/C11H8N4O2S/c1-14(9-4-2-8(6-12)3-5-9)11-13-7-10(18-11)15(16)17/h2-5,7H,1H3. The third-order valence-corrected chi connectivity index (χ3v) is 3.36. The molecule has 0 saturated heterocycles. The number of anilines is 2. The van der Waals surface area contributed by atoms with Crippen LogP contribution in [0.2, 0.25) is 0 Å². The number of hydrogen-bond acceptors (Lipinski definition) is 6. The Morgan fingerprint density at radius 1 is 1.44 bits per heavy atom. The minimum atomic E-state index is -0.464. The fourth-order valence-corrected chi connectivity index (χ4v) is 2.08. The molecule has 0 aliphatic carbocycles. The molecule has 90 valence electrons. The lowest BCUT2D eigenvalue weighted by atomic mass is 10.2. The van der Waals surface area contributed by atoms with Crippen molar-refractivity contribution in [3.63, 3.8) is 0 Å². The molecule has 2 rings (SSSR count). The van der Waals surface area contributed by atoms with Crippen molar-refractivity contribution in [2.75, 3.05) is 11.9 Å². The van der Waals surface area contributed by atoms with Gasteiger partial charge in [-0.1, -0.05) is 0 Å². The molecule has 0 amide bonds. The number of hydrogen-bond donors (Lipinski definition) is 0. The van der Waals surface area contributed by atoms with Crippen molar-refractivity contribution >= 4 is 27.2 Å². The molecule has 2 aromatic rings. The van der Waals surface area contributed by atoms with E-state index < -0.39 is 4.92 Å². The molecule has 18 heavy (non-hydrogen) atoms. The van der Waals surface area contributed by atoms with Crippen LogP contribution in [-0.4, -0.2) is 17.0 Å². The van der Waals surface area contributed by atoms with Crippen molar-refractivity contribution in [3.8, 4) is 6.07 Å². The maximum absolute atomic E-state index is 10.6. The van der Waals surface area contributed by atoms with E-state index in [-0.39, 0.29) is 5.00 Å². The number of nitriles is 1. The molecule has 0 aliphatic heterocycles. The fraction of sp³-hybridized carbons (Fsp3) is 0.0909. The first-order valence-electron chi connectivity index (χ1n) is 4.96. The molecule has 0 unspecified atom stereocenters. The smallest absolute Gasteiger partial charge is 0.321 e. The molecule has 1 aromatic carbocycles. The van der Waals surface area contributed by atoms with Crippen LogP contribution in [0.15, 0.2) is 30.5 Å². The molecule has 0 aliphatic rings. The van der Waals surface area contributed by atoms with E-state index in [0.29, 0.717) is 10.7 Å². The molecule has 0 saturated carbocycles. The Morgan fingerprint density at radius 2 is 2.11 bits per heavy atom. The molecule has 0 radical (unpaired) electrons. The number of rotatable bonds is 3. The normalized spacial score (nSPS) is 9.78. The Bertz CT molecular complexity index is 615. The fourth-order valence-electron chi connectivity index (χ4n) is 1.37. The van der Waals surface area contributed by atoms with E-state index in [1.165, 1.54) is 6.20 Å². The van der Waals surface area contributed by atoms with Crippen LogP contribution in [-0.2, 0) is 0 Å². The molecule has 0 spiro atoms. The summed E-state index contributed by atoms with van der Waals surface area (Å²) in [5.74, 6) is 0. The quantitative estimate of drug-likeness (QED) is 0.625. The number of benzene rings is 1. The van der Waals surface area contributed by atoms with E-state index in [1.54, 1.807) is 36.2 Å². The van der Waals surface area contributed by atoms with E-state index in [2.05, 4.69) is 4.98 Å². The maximum Gasteiger partial charge on any atom is 0.345 e. The van der Waals surface area contributed by atoms with Crippen LogP contribution < -0.4 is 4.90 Å². The minimum absolute atomic E-state index is 0.00509. The van der Waals surface area contributed by atoms with Crippen molar-refractivity contribution in [1.82, 2.24) is 4.98 Å². The number of nitro groups is 1. The zero-order valence-corrected chi connectivity index (χ0v) is 10.2. The van der Waals surface area contributed by atoms with E-state index in [4.69, 9.17) is 5.26 Å². The van der Waals surface area contributed by atoms with Crippen molar-refractivity contribution < 1.29 is 4.92 Å². The van der Waals surface area contributed by atoms with Gasteiger partial charge in [-0.15, -0.1) is 0 Å². The minimum Gasteiger partial charge on any atom is -0.321 e. The molecule has 6 nitrogen and oxygen atoms in total. The van der Waals surface area contributed by atoms with Gasteiger partial charge in [0.15, 0.2) is 5.13 Å². The third kappa shape index (κ3) is 2.28. The lowest BCUT2D eigenvalue weighted by Crippen LogP contribution is -2.08. The zero-order chi connectivity index (χ0) is 13.1. The average Bonchev–Trinajstić information content (AvgIpc) is 2.88. The van der Waals surface area contributed by atoms with E-state index >= 15 is 0 Å². The first kappa shape index (κ1) is 12.0. The maximum atomic E-state index is 10.6. The summed E-state index contributed by atoms with van der Waals surface area (Å²) in [6, 6.07) is 8.95. The van der Waals surface area contributed by atoms with Gasteiger partial charge in [-0.3, -0.25) is 10.1 Å². The van der Waals surface area contributed by atoms with E-state index in [0.717, 1.165) is 17.0 Å². The molecule has 0 bridgehead atoms. The highest BCUT2D eigenvalue weighted by Crippen LogP contribution is 2.31. The Labute approximate surface area is 107 Å². The van der Waals surface area contributed by atoms with Crippen LogP contribution >= 0.6 is 11.3 Å². The summed E-state index contributed by atoms with van der Waals surface area (Å²) >= 11 is 1.00. The van der Waals surface area contributed by atoms with Gasteiger partial charge < -0.3 is 4.90 Å². The lowest BCUT2D eigenvalue weighted by molar-refractivity contribution is -0.380. The van der Waals surface area contributed by atoms with Gasteiger partial charge in [0, 0.05) is 12.7 Å². The second-order valence-electron chi connectivity index (χ2n) is 3.46. The predicted octanol–water partition coefficient (Wildman–Crippen LogP) is 2.69. The summed E-state index contributed by atoms with van der Waals surface area (Å²) in [5, 5.41) is 19.8. The van der Waals surface area contributed by atoms with Gasteiger partial charge in [-0.2, -0.15) is 5.26 Å². The van der Waals surface area contributed by atoms with Gasteiger partial charge in [0.2, 0.25) is 0 Å². The van der Waals surface area contributed by atoms with Crippen molar-refractivity contribution in [3.05, 3.63) is 46.1 Å². The molecule has 1 heterocycles. The molecule has 1 aromatic heterocycles. The van der Waals surface area contributed by atoms with Crippen LogP contribution in [0.25, 0.3) is 0 Å². The SMILES string of the molecule is CN(c1ccc(C#N)cc1)c1ncc([N+](=O)[O-])s1. The lowest BCUT2D eigenvalue weighted by Gasteiger charge is -2.15. The summed E-state index contributed by atoms with van der Waals surface area (Å²) in [7, 11) is 1.77. The zero-order valence-electron chi connectivity index (χ0n) is 9.40. The average molecular weight is 260 g/mol. The Morgan fingerprint density at radius 3 is 2.61 bits per heavy atom. The third-order valence-electron chi connectivity index (χ3n) is 2.33. The molecule has 0 fully saturated rings. The molecular weight excluding hydrogens is 252 g/mol. The van der Waals surface area contributed by atoms with Gasteiger partial charge in [0.1, 0.15) is 6.20 Å². The van der Waals surface area contributed by atoms with Gasteiger partial charge in [0.05, 0.1) is 16.6 Å². The summed E-state index contributed by atoms with van der Waals surface area (Å²) in [4.78, 5) is 15.8. The predicted molar refractivity (Wildman–Crippen MR) is 68.0 cm³/mol. The first-order valence-corrected chi connectivity index (χ1v) is 5.77. The van der Waals surface area contributed by atoms with Crippen LogP contribution in [0.1, 0.15) is 5.56 Å². The van der Waals surface area contributed by atoms with Crippen molar-refractivity contribution in [1.29, 1.82) is 5.26 Å². The van der Waals surface area contributed by atoms with Crippen LogP contribution in [0.4, 0.5) is 15.8 Å². The van der Waals surface area contributed by atoms with Crippen molar-refractivity contribution in [2.24, 2.45) is 0 Å². The van der Waals surface area contributed by atoms with Gasteiger partial charge in [-0.25, -0.2) is 4.98 Å². The molecule has 0 atom stereocenters. The number of thiazole rings is 1. The first-order chi connectivity index (χ1) is 8.61. The molecule has 0 N–H and O–H groups in total. The number of nitrogens with zero attached hydrogens (tertiary/aromatic N) is 4. The highest BCUT2D eigenvalue weighted by molar-refractivity contribution is 7.18. The van der Waals surface area contributed by atoms with Crippen molar-refractivity contribution in [2.45, 2.75) is 0 Å². The van der Waals surface area contributed by atoms with Gasteiger partial charge in [0.25, 0.3) is 0 Å². The van der Waals surface area contributed by atoms with E-state index in [1.807, 2.05) is 6.07 Å². The monoisotopic (exact) mass is 260 g/mol. The summed E-state index contributed by atoms with van der Waals surface area (Å²) in [6.45, 7) is 0. The van der Waals surface area contributed by atoms with Crippen LogP contribution in [0, 0.1) is 21.4 Å². The Balaban J connectivity index is 2.26.